The van der Waals surface area contributed by atoms with E-state index in [4.69, 9.17) is 32.7 Å². The second-order valence-electron chi connectivity index (χ2n) is 2.24. The Bertz CT molecular complexity index is 277. The average molecular weight is 191 g/mol. The van der Waals surface area contributed by atoms with E-state index in [1.165, 1.54) is 0 Å². The molecule has 0 saturated heterocycles. The fourth-order valence-electron chi connectivity index (χ4n) is 0.711. The number of pyridine rings is 1. The first-order valence-corrected chi connectivity index (χ1v) is 3.38. The maximum Gasteiger partial charge on any atom is 0.304 e. The molecular weight excluding hydrogens is 184 g/mol. The Labute approximate surface area is 73.0 Å². The smallest absolute Gasteiger partial charge is 0.304 e. The molecule has 0 atom stereocenters. The van der Waals surface area contributed by atoms with Gasteiger partial charge in [0, 0.05) is 5.56 Å². The number of hydrogen-bond acceptors (Lipinski definition) is 5. The van der Waals surface area contributed by atoms with Crippen LogP contribution in [0.25, 0.3) is 0 Å². The van der Waals surface area contributed by atoms with E-state index >= 15 is 0 Å². The molecule has 0 amide bonds. The van der Waals surface area contributed by atoms with Gasteiger partial charge in [-0.25, -0.2) is 4.98 Å². The minimum absolute atomic E-state index is 0.000903. The fraction of sp³-hybridized carbons (Fsp3) is 0.167. The molecule has 0 aliphatic rings. The molecule has 0 radical (unpaired) electrons. The third kappa shape index (κ3) is 2.05. The van der Waals surface area contributed by atoms with E-state index in [-0.39, 0.29) is 16.5 Å². The van der Waals surface area contributed by atoms with Crippen LogP contribution < -0.4 is 5.73 Å². The summed E-state index contributed by atoms with van der Waals surface area (Å²) in [5.41, 5.74) is 5.01. The standard InChI is InChI=1S/C6H7ClN2O3/c7-4-1-3(6(10,11)12)2-5(8)9-4/h1-2,10-12H,(H2,8,9). The lowest BCUT2D eigenvalue weighted by atomic mass is 10.2. The Morgan fingerprint density at radius 2 is 1.92 bits per heavy atom. The predicted molar refractivity (Wildman–Crippen MR) is 42.0 cm³/mol. The highest BCUT2D eigenvalue weighted by Crippen LogP contribution is 2.19. The molecule has 66 valence electrons. The lowest BCUT2D eigenvalue weighted by Gasteiger charge is -2.14. The minimum Gasteiger partial charge on any atom is -0.384 e. The van der Waals surface area contributed by atoms with Crippen molar-refractivity contribution in [3.05, 3.63) is 22.8 Å². The van der Waals surface area contributed by atoms with Gasteiger partial charge in [-0.1, -0.05) is 11.6 Å². The van der Waals surface area contributed by atoms with Gasteiger partial charge in [-0.15, -0.1) is 0 Å². The quantitative estimate of drug-likeness (QED) is 0.350. The number of anilines is 1. The number of nitrogens with zero attached hydrogens (tertiary/aromatic N) is 1. The van der Waals surface area contributed by atoms with Gasteiger partial charge >= 0.3 is 5.97 Å². The van der Waals surface area contributed by atoms with Gasteiger partial charge in [-0.3, -0.25) is 0 Å². The molecule has 5 nitrogen and oxygen atoms in total. The van der Waals surface area contributed by atoms with E-state index < -0.39 is 5.97 Å². The van der Waals surface area contributed by atoms with Crippen molar-refractivity contribution in [1.29, 1.82) is 0 Å². The van der Waals surface area contributed by atoms with Crippen LogP contribution in [-0.4, -0.2) is 20.3 Å². The number of nitrogens with two attached hydrogens (primary N) is 1. The molecule has 5 N–H and O–H groups in total. The van der Waals surface area contributed by atoms with Gasteiger partial charge in [-0.05, 0) is 12.1 Å². The summed E-state index contributed by atoms with van der Waals surface area (Å²) in [6.45, 7) is 0. The molecule has 0 fully saturated rings. The Morgan fingerprint density at radius 1 is 1.33 bits per heavy atom. The normalized spacial score (nSPS) is 11.7. The number of rotatable bonds is 1. The van der Waals surface area contributed by atoms with E-state index in [2.05, 4.69) is 4.98 Å². The molecule has 1 aromatic rings. The number of halogens is 1. The van der Waals surface area contributed by atoms with E-state index in [0.717, 1.165) is 12.1 Å². The highest BCUT2D eigenvalue weighted by atomic mass is 35.5. The monoisotopic (exact) mass is 190 g/mol. The van der Waals surface area contributed by atoms with Crippen LogP contribution in [0.3, 0.4) is 0 Å². The summed E-state index contributed by atoms with van der Waals surface area (Å²) in [7, 11) is 0. The zero-order valence-electron chi connectivity index (χ0n) is 5.90. The first-order valence-electron chi connectivity index (χ1n) is 3.00. The van der Waals surface area contributed by atoms with E-state index in [1.54, 1.807) is 0 Å². The van der Waals surface area contributed by atoms with Crippen molar-refractivity contribution >= 4 is 17.4 Å². The Balaban J connectivity index is 3.18. The van der Waals surface area contributed by atoms with Gasteiger partial charge in [0.25, 0.3) is 0 Å². The maximum atomic E-state index is 8.71. The molecule has 0 saturated carbocycles. The SMILES string of the molecule is Nc1cc(C(O)(O)O)cc(Cl)n1. The van der Waals surface area contributed by atoms with E-state index in [9.17, 15) is 0 Å². The van der Waals surface area contributed by atoms with Gasteiger partial charge < -0.3 is 21.1 Å². The summed E-state index contributed by atoms with van der Waals surface area (Å²) < 4.78 is 0. The van der Waals surface area contributed by atoms with Crippen molar-refractivity contribution in [3.8, 4) is 0 Å². The zero-order chi connectivity index (χ0) is 9.35. The summed E-state index contributed by atoms with van der Waals surface area (Å²) >= 11 is 5.43. The molecule has 0 bridgehead atoms. The number of aliphatic hydroxyl groups is 3. The maximum absolute atomic E-state index is 8.71. The molecule has 0 aliphatic heterocycles. The topological polar surface area (TPSA) is 99.6 Å². The van der Waals surface area contributed by atoms with Crippen LogP contribution in [0.4, 0.5) is 5.82 Å². The van der Waals surface area contributed by atoms with Crippen molar-refractivity contribution in [2.45, 2.75) is 5.97 Å². The van der Waals surface area contributed by atoms with Gasteiger partial charge in [0.15, 0.2) is 0 Å². The Kier molecular flexibility index (Phi) is 2.20. The Hall–Kier alpha value is -0.880. The first-order chi connectivity index (χ1) is 5.39. The van der Waals surface area contributed by atoms with Crippen molar-refractivity contribution < 1.29 is 15.3 Å². The van der Waals surface area contributed by atoms with Gasteiger partial charge in [-0.2, -0.15) is 0 Å². The minimum atomic E-state index is -2.93. The molecule has 12 heavy (non-hydrogen) atoms. The highest BCUT2D eigenvalue weighted by Gasteiger charge is 2.22. The molecule has 6 heteroatoms. The highest BCUT2D eigenvalue weighted by molar-refractivity contribution is 6.29. The number of hydrogen-bond donors (Lipinski definition) is 4. The molecule has 1 heterocycles. The second-order valence-corrected chi connectivity index (χ2v) is 2.63. The summed E-state index contributed by atoms with van der Waals surface area (Å²) in [4.78, 5) is 3.56. The fourth-order valence-corrected chi connectivity index (χ4v) is 0.926. The van der Waals surface area contributed by atoms with Crippen LogP contribution in [-0.2, 0) is 5.97 Å². The van der Waals surface area contributed by atoms with Crippen LogP contribution in [0.15, 0.2) is 12.1 Å². The third-order valence-electron chi connectivity index (χ3n) is 1.20. The summed E-state index contributed by atoms with van der Waals surface area (Å²) in [6, 6.07) is 2.20. The molecular formula is C6H7ClN2O3. The second kappa shape index (κ2) is 2.87. The zero-order valence-corrected chi connectivity index (χ0v) is 6.65. The van der Waals surface area contributed by atoms with Crippen molar-refractivity contribution in [3.63, 3.8) is 0 Å². The number of nitrogen functional groups attached to an aromatic ring is 1. The van der Waals surface area contributed by atoms with Crippen LogP contribution in [0, 0.1) is 0 Å². The first kappa shape index (κ1) is 9.21. The average Bonchev–Trinajstić information content (AvgIpc) is 1.82. The molecule has 0 aromatic carbocycles. The van der Waals surface area contributed by atoms with Crippen LogP contribution >= 0.6 is 11.6 Å². The molecule has 0 aliphatic carbocycles. The molecule has 0 spiro atoms. The van der Waals surface area contributed by atoms with Crippen molar-refractivity contribution in [2.75, 3.05) is 5.73 Å². The van der Waals surface area contributed by atoms with Crippen LogP contribution in [0.1, 0.15) is 5.56 Å². The van der Waals surface area contributed by atoms with Crippen LogP contribution in [0.5, 0.6) is 0 Å². The third-order valence-corrected chi connectivity index (χ3v) is 1.39. The molecule has 1 rings (SSSR count). The van der Waals surface area contributed by atoms with Crippen molar-refractivity contribution in [2.24, 2.45) is 0 Å². The van der Waals surface area contributed by atoms with E-state index in [0.29, 0.717) is 0 Å². The summed E-state index contributed by atoms with van der Waals surface area (Å²) in [6.07, 6.45) is 0. The Morgan fingerprint density at radius 3 is 2.33 bits per heavy atom. The molecule has 0 unspecified atom stereocenters. The van der Waals surface area contributed by atoms with Gasteiger partial charge in [0.2, 0.25) is 0 Å². The van der Waals surface area contributed by atoms with Crippen molar-refractivity contribution in [1.82, 2.24) is 4.98 Å². The largest absolute Gasteiger partial charge is 0.384 e. The lowest BCUT2D eigenvalue weighted by molar-refractivity contribution is -0.323. The van der Waals surface area contributed by atoms with Gasteiger partial charge in [0.05, 0.1) is 0 Å². The summed E-state index contributed by atoms with van der Waals surface area (Å²) in [5, 5.41) is 26.1. The number of aromatic nitrogens is 1. The van der Waals surface area contributed by atoms with Crippen LogP contribution in [0.2, 0.25) is 5.15 Å². The summed E-state index contributed by atoms with van der Waals surface area (Å²) in [5.74, 6) is -2.93. The van der Waals surface area contributed by atoms with Gasteiger partial charge in [0.1, 0.15) is 11.0 Å². The lowest BCUT2D eigenvalue weighted by Crippen LogP contribution is -2.24. The predicted octanol–water partition coefficient (Wildman–Crippen LogP) is -0.596. The van der Waals surface area contributed by atoms with E-state index in [1.807, 2.05) is 0 Å². The molecule has 1 aromatic heterocycles.